The van der Waals surface area contributed by atoms with Gasteiger partial charge in [0, 0.05) is 23.6 Å². The van der Waals surface area contributed by atoms with Crippen molar-refractivity contribution in [3.05, 3.63) is 38.4 Å². The van der Waals surface area contributed by atoms with Gasteiger partial charge in [0.15, 0.2) is 0 Å². The minimum atomic E-state index is -0.103. The summed E-state index contributed by atoms with van der Waals surface area (Å²) in [6.07, 6.45) is 0. The fourth-order valence-corrected chi connectivity index (χ4v) is 2.41. The van der Waals surface area contributed by atoms with Crippen molar-refractivity contribution < 1.29 is 0 Å². The minimum absolute atomic E-state index is 0.103. The van der Waals surface area contributed by atoms with Crippen LogP contribution in [0.5, 0.6) is 0 Å². The fourth-order valence-electron chi connectivity index (χ4n) is 1.58. The highest BCUT2D eigenvalue weighted by Crippen LogP contribution is 2.22. The van der Waals surface area contributed by atoms with Crippen molar-refractivity contribution >= 4 is 11.3 Å². The second kappa shape index (κ2) is 5.25. The SMILES string of the molecule is CCNCc1cc(=O)[nH]c(-c2cscc2C)n1. The molecule has 2 rings (SSSR count). The van der Waals surface area contributed by atoms with Gasteiger partial charge < -0.3 is 10.3 Å². The van der Waals surface area contributed by atoms with Gasteiger partial charge in [-0.2, -0.15) is 11.3 Å². The molecular weight excluding hydrogens is 234 g/mol. The molecule has 2 N–H and O–H groups in total. The van der Waals surface area contributed by atoms with Crippen molar-refractivity contribution in [2.24, 2.45) is 0 Å². The van der Waals surface area contributed by atoms with E-state index in [-0.39, 0.29) is 5.56 Å². The molecule has 0 aliphatic rings. The summed E-state index contributed by atoms with van der Waals surface area (Å²) in [7, 11) is 0. The first-order valence-corrected chi connectivity index (χ1v) is 6.49. The Balaban J connectivity index is 2.38. The normalized spacial score (nSPS) is 10.7. The lowest BCUT2D eigenvalue weighted by Gasteiger charge is -2.04. The van der Waals surface area contributed by atoms with Gasteiger partial charge in [-0.25, -0.2) is 4.98 Å². The molecule has 90 valence electrons. The van der Waals surface area contributed by atoms with Crippen molar-refractivity contribution in [1.82, 2.24) is 15.3 Å². The third kappa shape index (κ3) is 2.81. The Hall–Kier alpha value is -1.46. The van der Waals surface area contributed by atoms with E-state index in [0.29, 0.717) is 12.4 Å². The lowest BCUT2D eigenvalue weighted by molar-refractivity contribution is 0.708. The third-order valence-electron chi connectivity index (χ3n) is 2.46. The summed E-state index contributed by atoms with van der Waals surface area (Å²) in [6.45, 7) is 5.53. The van der Waals surface area contributed by atoms with Crippen molar-refractivity contribution in [3.63, 3.8) is 0 Å². The zero-order valence-electron chi connectivity index (χ0n) is 9.91. The van der Waals surface area contributed by atoms with Gasteiger partial charge in [0.1, 0.15) is 5.82 Å². The lowest BCUT2D eigenvalue weighted by Crippen LogP contribution is -2.17. The maximum atomic E-state index is 11.6. The molecule has 0 aliphatic carbocycles. The summed E-state index contributed by atoms with van der Waals surface area (Å²) < 4.78 is 0. The Morgan fingerprint density at radius 1 is 1.47 bits per heavy atom. The van der Waals surface area contributed by atoms with E-state index in [9.17, 15) is 4.79 Å². The number of nitrogens with zero attached hydrogens (tertiary/aromatic N) is 1. The number of nitrogens with one attached hydrogen (secondary N) is 2. The van der Waals surface area contributed by atoms with E-state index in [1.165, 1.54) is 6.07 Å². The molecule has 5 heteroatoms. The van der Waals surface area contributed by atoms with Crippen LogP contribution < -0.4 is 10.9 Å². The van der Waals surface area contributed by atoms with Crippen LogP contribution in [-0.2, 0) is 6.54 Å². The Kier molecular flexibility index (Phi) is 3.71. The molecule has 0 aliphatic heterocycles. The molecule has 0 amide bonds. The zero-order valence-corrected chi connectivity index (χ0v) is 10.7. The predicted octanol–water partition coefficient (Wildman–Crippen LogP) is 1.92. The van der Waals surface area contributed by atoms with Crippen molar-refractivity contribution in [2.75, 3.05) is 6.54 Å². The first-order valence-electron chi connectivity index (χ1n) is 5.55. The van der Waals surface area contributed by atoms with Crippen molar-refractivity contribution in [1.29, 1.82) is 0 Å². The number of hydrogen-bond donors (Lipinski definition) is 2. The van der Waals surface area contributed by atoms with E-state index >= 15 is 0 Å². The average Bonchev–Trinajstić information content (AvgIpc) is 2.72. The molecule has 2 aromatic rings. The van der Waals surface area contributed by atoms with Crippen molar-refractivity contribution in [2.45, 2.75) is 20.4 Å². The number of aromatic nitrogens is 2. The van der Waals surface area contributed by atoms with E-state index < -0.39 is 0 Å². The lowest BCUT2D eigenvalue weighted by atomic mass is 10.2. The summed E-state index contributed by atoms with van der Waals surface area (Å²) in [5.41, 5.74) is 2.81. The average molecular weight is 249 g/mol. The zero-order chi connectivity index (χ0) is 12.3. The molecule has 0 saturated carbocycles. The number of rotatable bonds is 4. The molecule has 0 atom stereocenters. The Labute approximate surface area is 104 Å². The molecule has 2 aromatic heterocycles. The number of hydrogen-bond acceptors (Lipinski definition) is 4. The van der Waals surface area contributed by atoms with Gasteiger partial charge in [0.2, 0.25) is 0 Å². The van der Waals surface area contributed by atoms with Gasteiger partial charge in [0.25, 0.3) is 5.56 Å². The Morgan fingerprint density at radius 3 is 2.94 bits per heavy atom. The van der Waals surface area contributed by atoms with Gasteiger partial charge in [-0.05, 0) is 24.4 Å². The molecular formula is C12H15N3OS. The number of H-pyrrole nitrogens is 1. The highest BCUT2D eigenvalue weighted by atomic mass is 32.1. The van der Waals surface area contributed by atoms with E-state index in [4.69, 9.17) is 0 Å². The maximum Gasteiger partial charge on any atom is 0.251 e. The van der Waals surface area contributed by atoms with Crippen LogP contribution in [-0.4, -0.2) is 16.5 Å². The van der Waals surface area contributed by atoms with Crippen LogP contribution >= 0.6 is 11.3 Å². The molecule has 4 nitrogen and oxygen atoms in total. The standard InChI is InChI=1S/C12H15N3OS/c1-3-13-5-9-4-11(16)15-12(14-9)10-7-17-6-8(10)2/h4,6-7,13H,3,5H2,1-2H3,(H,14,15,16). The third-order valence-corrected chi connectivity index (χ3v) is 3.32. The predicted molar refractivity (Wildman–Crippen MR) is 70.3 cm³/mol. The molecule has 0 saturated heterocycles. The van der Waals surface area contributed by atoms with Gasteiger partial charge >= 0.3 is 0 Å². The van der Waals surface area contributed by atoms with Gasteiger partial charge in [-0.1, -0.05) is 6.92 Å². The monoisotopic (exact) mass is 249 g/mol. The molecule has 0 unspecified atom stereocenters. The summed E-state index contributed by atoms with van der Waals surface area (Å²) in [6, 6.07) is 1.54. The van der Waals surface area contributed by atoms with Gasteiger partial charge in [0.05, 0.1) is 5.69 Å². The van der Waals surface area contributed by atoms with Crippen molar-refractivity contribution in [3.8, 4) is 11.4 Å². The van der Waals surface area contributed by atoms with Crippen LogP contribution in [0.15, 0.2) is 21.6 Å². The summed E-state index contributed by atoms with van der Waals surface area (Å²) in [5, 5.41) is 7.22. The first kappa shape index (κ1) is 12.0. The molecule has 0 aromatic carbocycles. The number of aryl methyl sites for hydroxylation is 1. The topological polar surface area (TPSA) is 57.8 Å². The van der Waals surface area contributed by atoms with Crippen LogP contribution in [0.2, 0.25) is 0 Å². The van der Waals surface area contributed by atoms with E-state index in [2.05, 4.69) is 15.3 Å². The molecule has 17 heavy (non-hydrogen) atoms. The highest BCUT2D eigenvalue weighted by molar-refractivity contribution is 7.08. The van der Waals surface area contributed by atoms with Gasteiger partial charge in [-0.15, -0.1) is 0 Å². The minimum Gasteiger partial charge on any atom is -0.311 e. The maximum absolute atomic E-state index is 11.6. The summed E-state index contributed by atoms with van der Waals surface area (Å²) >= 11 is 1.61. The largest absolute Gasteiger partial charge is 0.311 e. The van der Waals surface area contributed by atoms with E-state index in [0.717, 1.165) is 23.4 Å². The van der Waals surface area contributed by atoms with Crippen LogP contribution in [0.25, 0.3) is 11.4 Å². The smallest absolute Gasteiger partial charge is 0.251 e. The number of aromatic amines is 1. The molecule has 0 bridgehead atoms. The quantitative estimate of drug-likeness (QED) is 0.870. The molecule has 2 heterocycles. The Bertz CT molecular complexity index is 559. The molecule has 0 fully saturated rings. The Morgan fingerprint density at radius 2 is 2.29 bits per heavy atom. The highest BCUT2D eigenvalue weighted by Gasteiger charge is 2.07. The van der Waals surface area contributed by atoms with Crippen LogP contribution in [0.3, 0.4) is 0 Å². The van der Waals surface area contributed by atoms with Crippen LogP contribution in [0.1, 0.15) is 18.2 Å². The van der Waals surface area contributed by atoms with Crippen LogP contribution in [0.4, 0.5) is 0 Å². The summed E-state index contributed by atoms with van der Waals surface area (Å²) in [5.74, 6) is 0.657. The van der Waals surface area contributed by atoms with Crippen LogP contribution in [0, 0.1) is 6.92 Å². The number of thiophene rings is 1. The van der Waals surface area contributed by atoms with E-state index in [1.54, 1.807) is 11.3 Å². The summed E-state index contributed by atoms with van der Waals surface area (Å²) in [4.78, 5) is 18.8. The molecule has 0 radical (unpaired) electrons. The van der Waals surface area contributed by atoms with Gasteiger partial charge in [-0.3, -0.25) is 4.79 Å². The second-order valence-corrected chi connectivity index (χ2v) is 4.58. The van der Waals surface area contributed by atoms with E-state index in [1.807, 2.05) is 24.6 Å². The molecule has 0 spiro atoms. The second-order valence-electron chi connectivity index (χ2n) is 3.83. The fraction of sp³-hybridized carbons (Fsp3) is 0.333. The first-order chi connectivity index (χ1) is 8.20.